The monoisotopic (exact) mass is 322 g/mol. The SMILES string of the molecule is CCN(C(=O)c1nc(Cl)ccc1Cl)c1cc(C)ccc1C. The van der Waals surface area contributed by atoms with Gasteiger partial charge in [-0.05, 0) is 50.1 Å². The largest absolute Gasteiger partial charge is 0.307 e. The summed E-state index contributed by atoms with van der Waals surface area (Å²) in [4.78, 5) is 18.5. The molecule has 0 radical (unpaired) electrons. The maximum Gasteiger partial charge on any atom is 0.278 e. The molecule has 0 saturated heterocycles. The van der Waals surface area contributed by atoms with Gasteiger partial charge in [0.2, 0.25) is 0 Å². The number of pyridine rings is 1. The molecule has 110 valence electrons. The summed E-state index contributed by atoms with van der Waals surface area (Å²) in [6.45, 7) is 6.40. The lowest BCUT2D eigenvalue weighted by Gasteiger charge is -2.23. The number of halogens is 2. The molecule has 21 heavy (non-hydrogen) atoms. The highest BCUT2D eigenvalue weighted by Crippen LogP contribution is 2.25. The molecule has 0 aliphatic carbocycles. The maximum atomic E-state index is 12.7. The van der Waals surface area contributed by atoms with E-state index in [0.29, 0.717) is 11.6 Å². The normalized spacial score (nSPS) is 10.5. The minimum atomic E-state index is -0.251. The van der Waals surface area contributed by atoms with E-state index in [0.717, 1.165) is 16.8 Å². The molecule has 1 amide bonds. The molecule has 0 bridgehead atoms. The second-order valence-electron chi connectivity index (χ2n) is 4.80. The quantitative estimate of drug-likeness (QED) is 0.769. The zero-order valence-corrected chi connectivity index (χ0v) is 13.7. The van der Waals surface area contributed by atoms with Gasteiger partial charge in [0.05, 0.1) is 5.02 Å². The van der Waals surface area contributed by atoms with Crippen molar-refractivity contribution < 1.29 is 4.79 Å². The van der Waals surface area contributed by atoms with Crippen LogP contribution in [0.15, 0.2) is 30.3 Å². The molecule has 2 aromatic rings. The van der Waals surface area contributed by atoms with E-state index in [-0.39, 0.29) is 16.8 Å². The molecular formula is C16H16Cl2N2O. The number of nitrogens with zero attached hydrogens (tertiary/aromatic N) is 2. The zero-order chi connectivity index (χ0) is 15.6. The van der Waals surface area contributed by atoms with E-state index in [1.807, 2.05) is 39.0 Å². The van der Waals surface area contributed by atoms with Gasteiger partial charge in [-0.3, -0.25) is 4.79 Å². The molecule has 0 aliphatic heterocycles. The molecule has 1 aromatic heterocycles. The number of benzene rings is 1. The van der Waals surface area contributed by atoms with Crippen molar-refractivity contribution in [3.05, 3.63) is 57.3 Å². The molecule has 0 fully saturated rings. The second-order valence-corrected chi connectivity index (χ2v) is 5.60. The number of rotatable bonds is 3. The Balaban J connectivity index is 2.48. The molecule has 2 rings (SSSR count). The van der Waals surface area contributed by atoms with Crippen molar-refractivity contribution in [2.24, 2.45) is 0 Å². The number of aryl methyl sites for hydroxylation is 2. The van der Waals surface area contributed by atoms with Crippen LogP contribution in [0.2, 0.25) is 10.2 Å². The van der Waals surface area contributed by atoms with Crippen molar-refractivity contribution in [3.8, 4) is 0 Å². The maximum absolute atomic E-state index is 12.7. The Kier molecular flexibility index (Phi) is 4.86. The van der Waals surface area contributed by atoms with Gasteiger partial charge < -0.3 is 4.90 Å². The fourth-order valence-corrected chi connectivity index (χ4v) is 2.46. The van der Waals surface area contributed by atoms with E-state index in [1.165, 1.54) is 0 Å². The van der Waals surface area contributed by atoms with Crippen LogP contribution in [-0.4, -0.2) is 17.4 Å². The van der Waals surface area contributed by atoms with Gasteiger partial charge in [0.15, 0.2) is 0 Å². The first-order valence-corrected chi connectivity index (χ1v) is 7.40. The lowest BCUT2D eigenvalue weighted by molar-refractivity contribution is 0.0983. The van der Waals surface area contributed by atoms with E-state index in [2.05, 4.69) is 4.98 Å². The lowest BCUT2D eigenvalue weighted by Crippen LogP contribution is -2.32. The Bertz CT molecular complexity index is 686. The van der Waals surface area contributed by atoms with Gasteiger partial charge in [0.25, 0.3) is 5.91 Å². The third kappa shape index (κ3) is 3.36. The second kappa shape index (κ2) is 6.46. The summed E-state index contributed by atoms with van der Waals surface area (Å²) in [5, 5.41) is 0.549. The predicted molar refractivity (Wildman–Crippen MR) is 87.5 cm³/mol. The highest BCUT2D eigenvalue weighted by Gasteiger charge is 2.22. The fourth-order valence-electron chi connectivity index (χ4n) is 2.13. The third-order valence-electron chi connectivity index (χ3n) is 3.23. The fraction of sp³-hybridized carbons (Fsp3) is 0.250. The minimum absolute atomic E-state index is 0.173. The number of hydrogen-bond acceptors (Lipinski definition) is 2. The van der Waals surface area contributed by atoms with Gasteiger partial charge in [-0.2, -0.15) is 0 Å². The van der Waals surface area contributed by atoms with Crippen molar-refractivity contribution in [3.63, 3.8) is 0 Å². The van der Waals surface area contributed by atoms with E-state index in [9.17, 15) is 4.79 Å². The van der Waals surface area contributed by atoms with Crippen molar-refractivity contribution in [1.82, 2.24) is 4.98 Å². The van der Waals surface area contributed by atoms with E-state index in [1.54, 1.807) is 17.0 Å². The topological polar surface area (TPSA) is 33.2 Å². The first kappa shape index (κ1) is 15.8. The Labute approximate surface area is 134 Å². The third-order valence-corrected chi connectivity index (χ3v) is 3.75. The molecule has 1 heterocycles. The van der Waals surface area contributed by atoms with E-state index >= 15 is 0 Å². The number of carbonyl (C=O) groups is 1. The molecule has 3 nitrogen and oxygen atoms in total. The Morgan fingerprint density at radius 3 is 2.57 bits per heavy atom. The summed E-state index contributed by atoms with van der Waals surface area (Å²) < 4.78 is 0. The van der Waals surface area contributed by atoms with Crippen molar-refractivity contribution in [1.29, 1.82) is 0 Å². The number of amides is 1. The summed E-state index contributed by atoms with van der Waals surface area (Å²) in [5.74, 6) is -0.251. The molecule has 0 unspecified atom stereocenters. The number of aromatic nitrogens is 1. The zero-order valence-electron chi connectivity index (χ0n) is 12.2. The molecule has 0 saturated carbocycles. The van der Waals surface area contributed by atoms with Gasteiger partial charge in [-0.1, -0.05) is 35.3 Å². The molecule has 0 aliphatic rings. The number of anilines is 1. The van der Waals surface area contributed by atoms with Crippen LogP contribution in [0.3, 0.4) is 0 Å². The van der Waals surface area contributed by atoms with Gasteiger partial charge in [0, 0.05) is 12.2 Å². The number of hydrogen-bond donors (Lipinski definition) is 0. The highest BCUT2D eigenvalue weighted by atomic mass is 35.5. The molecular weight excluding hydrogens is 307 g/mol. The van der Waals surface area contributed by atoms with Crippen LogP contribution in [0.1, 0.15) is 28.5 Å². The van der Waals surface area contributed by atoms with Crippen LogP contribution in [0.25, 0.3) is 0 Å². The standard InChI is InChI=1S/C16H16Cl2N2O/c1-4-20(13-9-10(2)5-6-11(13)3)16(21)15-12(17)7-8-14(18)19-15/h5-9H,4H2,1-3H3. The molecule has 0 atom stereocenters. The van der Waals surface area contributed by atoms with E-state index < -0.39 is 0 Å². The molecule has 5 heteroatoms. The van der Waals surface area contributed by atoms with Crippen LogP contribution in [-0.2, 0) is 0 Å². The van der Waals surface area contributed by atoms with Crippen molar-refractivity contribution in [2.45, 2.75) is 20.8 Å². The minimum Gasteiger partial charge on any atom is -0.307 e. The Hall–Kier alpha value is -1.58. The van der Waals surface area contributed by atoms with Gasteiger partial charge in [-0.15, -0.1) is 0 Å². The first-order chi connectivity index (χ1) is 9.93. The lowest BCUT2D eigenvalue weighted by atomic mass is 10.1. The highest BCUT2D eigenvalue weighted by molar-refractivity contribution is 6.35. The van der Waals surface area contributed by atoms with Gasteiger partial charge >= 0.3 is 0 Å². The average Bonchev–Trinajstić information content (AvgIpc) is 2.46. The first-order valence-electron chi connectivity index (χ1n) is 6.65. The summed E-state index contributed by atoms with van der Waals surface area (Å²) in [6, 6.07) is 9.14. The molecule has 0 N–H and O–H groups in total. The van der Waals surface area contributed by atoms with Crippen LogP contribution in [0, 0.1) is 13.8 Å². The average molecular weight is 323 g/mol. The summed E-state index contributed by atoms with van der Waals surface area (Å²) in [5.41, 5.74) is 3.15. The van der Waals surface area contributed by atoms with Crippen molar-refractivity contribution >= 4 is 34.8 Å². The van der Waals surface area contributed by atoms with Crippen LogP contribution in [0.5, 0.6) is 0 Å². The van der Waals surface area contributed by atoms with E-state index in [4.69, 9.17) is 23.2 Å². The van der Waals surface area contributed by atoms with Gasteiger partial charge in [-0.25, -0.2) is 4.98 Å². The number of carbonyl (C=O) groups excluding carboxylic acids is 1. The summed E-state index contributed by atoms with van der Waals surface area (Å²) in [6.07, 6.45) is 0. The summed E-state index contributed by atoms with van der Waals surface area (Å²) >= 11 is 12.0. The van der Waals surface area contributed by atoms with Crippen LogP contribution < -0.4 is 4.90 Å². The van der Waals surface area contributed by atoms with Gasteiger partial charge in [0.1, 0.15) is 10.8 Å². The molecule has 1 aromatic carbocycles. The molecule has 0 spiro atoms. The summed E-state index contributed by atoms with van der Waals surface area (Å²) in [7, 11) is 0. The Morgan fingerprint density at radius 2 is 1.90 bits per heavy atom. The predicted octanol–water partition coefficient (Wildman–Crippen LogP) is 4.67. The van der Waals surface area contributed by atoms with Crippen LogP contribution in [0.4, 0.5) is 5.69 Å². The van der Waals surface area contributed by atoms with Crippen molar-refractivity contribution in [2.75, 3.05) is 11.4 Å². The smallest absolute Gasteiger partial charge is 0.278 e. The van der Waals surface area contributed by atoms with Crippen LogP contribution >= 0.6 is 23.2 Å². The Morgan fingerprint density at radius 1 is 1.19 bits per heavy atom.